The molecule has 0 heterocycles. The molecular formula is C19H20. The highest BCUT2D eigenvalue weighted by molar-refractivity contribution is 5.78. The summed E-state index contributed by atoms with van der Waals surface area (Å²) in [6, 6.07) is 11.5. The minimum absolute atomic E-state index is 1.10. The number of rotatable bonds is 1. The summed E-state index contributed by atoms with van der Waals surface area (Å²) >= 11 is 0. The van der Waals surface area contributed by atoms with Gasteiger partial charge in [0.05, 0.1) is 0 Å². The van der Waals surface area contributed by atoms with Crippen LogP contribution in [0.25, 0.3) is 17.2 Å². The Labute approximate surface area is 115 Å². The van der Waals surface area contributed by atoms with Gasteiger partial charge in [-0.1, -0.05) is 53.1 Å². The van der Waals surface area contributed by atoms with Gasteiger partial charge in [-0.3, -0.25) is 0 Å². The van der Waals surface area contributed by atoms with Crippen LogP contribution in [-0.4, -0.2) is 0 Å². The fraction of sp³-hybridized carbons (Fsp3) is 0.263. The van der Waals surface area contributed by atoms with Crippen LogP contribution in [0.15, 0.2) is 35.9 Å². The molecular weight excluding hydrogens is 228 g/mol. The predicted molar refractivity (Wildman–Crippen MR) is 83.4 cm³/mol. The van der Waals surface area contributed by atoms with E-state index in [4.69, 9.17) is 0 Å². The van der Waals surface area contributed by atoms with Gasteiger partial charge in [0.2, 0.25) is 0 Å². The molecule has 0 aliphatic heterocycles. The Bertz CT molecular complexity index is 667. The lowest BCUT2D eigenvalue weighted by Gasteiger charge is -2.12. The number of aryl methyl sites for hydroxylation is 3. The molecule has 0 unspecified atom stereocenters. The second-order valence-electron chi connectivity index (χ2n) is 5.92. The topological polar surface area (TPSA) is 0 Å². The van der Waals surface area contributed by atoms with E-state index in [0.717, 1.165) is 6.42 Å². The summed E-state index contributed by atoms with van der Waals surface area (Å²) in [5.41, 5.74) is 11.2. The SMILES string of the molecule is CC1=Cc2cc(C)cc(-c3cc(C)cc(C)c3)c2C1. The highest BCUT2D eigenvalue weighted by atomic mass is 14.2. The second-order valence-corrected chi connectivity index (χ2v) is 5.92. The van der Waals surface area contributed by atoms with E-state index < -0.39 is 0 Å². The number of hydrogen-bond donors (Lipinski definition) is 0. The Morgan fingerprint density at radius 3 is 2.05 bits per heavy atom. The Kier molecular flexibility index (Phi) is 2.82. The first kappa shape index (κ1) is 12.2. The fourth-order valence-electron chi connectivity index (χ4n) is 3.15. The minimum Gasteiger partial charge on any atom is -0.0683 e. The molecule has 0 radical (unpaired) electrons. The van der Waals surface area contributed by atoms with Crippen molar-refractivity contribution in [2.75, 3.05) is 0 Å². The highest BCUT2D eigenvalue weighted by Crippen LogP contribution is 2.35. The Morgan fingerprint density at radius 2 is 1.37 bits per heavy atom. The summed E-state index contributed by atoms with van der Waals surface area (Å²) in [7, 11) is 0. The maximum Gasteiger partial charge on any atom is -0.00544 e. The molecule has 96 valence electrons. The van der Waals surface area contributed by atoms with Gasteiger partial charge >= 0.3 is 0 Å². The third kappa shape index (κ3) is 2.23. The Morgan fingerprint density at radius 1 is 0.737 bits per heavy atom. The van der Waals surface area contributed by atoms with Crippen molar-refractivity contribution in [2.24, 2.45) is 0 Å². The van der Waals surface area contributed by atoms with Gasteiger partial charge < -0.3 is 0 Å². The van der Waals surface area contributed by atoms with Crippen molar-refractivity contribution in [3.05, 3.63) is 63.7 Å². The highest BCUT2D eigenvalue weighted by Gasteiger charge is 2.16. The smallest absolute Gasteiger partial charge is 0.00544 e. The summed E-state index contributed by atoms with van der Waals surface area (Å²) in [5.74, 6) is 0. The molecule has 1 aliphatic rings. The van der Waals surface area contributed by atoms with Gasteiger partial charge in [-0.05, 0) is 61.9 Å². The first-order chi connectivity index (χ1) is 9.02. The van der Waals surface area contributed by atoms with E-state index in [9.17, 15) is 0 Å². The Balaban J connectivity index is 2.22. The largest absolute Gasteiger partial charge is 0.0683 e. The molecule has 3 rings (SSSR count). The van der Waals surface area contributed by atoms with Crippen LogP contribution in [-0.2, 0) is 6.42 Å². The third-order valence-electron chi connectivity index (χ3n) is 3.82. The summed E-state index contributed by atoms with van der Waals surface area (Å²) in [4.78, 5) is 0. The molecule has 2 aromatic carbocycles. The van der Waals surface area contributed by atoms with Crippen molar-refractivity contribution in [1.82, 2.24) is 0 Å². The van der Waals surface area contributed by atoms with E-state index in [-0.39, 0.29) is 0 Å². The van der Waals surface area contributed by atoms with E-state index in [1.165, 1.54) is 44.5 Å². The zero-order chi connectivity index (χ0) is 13.6. The monoisotopic (exact) mass is 248 g/mol. The van der Waals surface area contributed by atoms with Gasteiger partial charge in [-0.25, -0.2) is 0 Å². The first-order valence-electron chi connectivity index (χ1n) is 6.92. The van der Waals surface area contributed by atoms with Crippen LogP contribution >= 0.6 is 0 Å². The van der Waals surface area contributed by atoms with Crippen molar-refractivity contribution in [3.63, 3.8) is 0 Å². The number of hydrogen-bond acceptors (Lipinski definition) is 0. The van der Waals surface area contributed by atoms with Crippen molar-refractivity contribution >= 4 is 6.08 Å². The van der Waals surface area contributed by atoms with Crippen molar-refractivity contribution < 1.29 is 0 Å². The van der Waals surface area contributed by atoms with Gasteiger partial charge in [-0.2, -0.15) is 0 Å². The summed E-state index contributed by atoms with van der Waals surface area (Å²) in [6.07, 6.45) is 3.42. The van der Waals surface area contributed by atoms with Crippen LogP contribution < -0.4 is 0 Å². The number of allylic oxidation sites excluding steroid dienone is 1. The lowest BCUT2D eigenvalue weighted by atomic mass is 9.92. The molecule has 0 heteroatoms. The second kappa shape index (κ2) is 4.38. The van der Waals surface area contributed by atoms with E-state index >= 15 is 0 Å². The average molecular weight is 248 g/mol. The Hall–Kier alpha value is -1.82. The van der Waals surface area contributed by atoms with Gasteiger partial charge in [0.25, 0.3) is 0 Å². The molecule has 0 atom stereocenters. The molecule has 19 heavy (non-hydrogen) atoms. The van der Waals surface area contributed by atoms with Crippen LogP contribution in [0.2, 0.25) is 0 Å². The molecule has 0 saturated heterocycles. The van der Waals surface area contributed by atoms with Gasteiger partial charge in [0.1, 0.15) is 0 Å². The summed E-state index contributed by atoms with van der Waals surface area (Å²) in [5, 5.41) is 0. The molecule has 1 aliphatic carbocycles. The molecule has 0 saturated carbocycles. The molecule has 0 nitrogen and oxygen atoms in total. The average Bonchev–Trinajstić information content (AvgIpc) is 2.66. The van der Waals surface area contributed by atoms with E-state index in [0.29, 0.717) is 0 Å². The molecule has 0 spiro atoms. The molecule has 0 bridgehead atoms. The van der Waals surface area contributed by atoms with Crippen molar-refractivity contribution in [2.45, 2.75) is 34.1 Å². The van der Waals surface area contributed by atoms with Crippen molar-refractivity contribution in [3.8, 4) is 11.1 Å². The van der Waals surface area contributed by atoms with Crippen LogP contribution in [0, 0.1) is 20.8 Å². The zero-order valence-electron chi connectivity index (χ0n) is 12.2. The quantitative estimate of drug-likeness (QED) is 0.647. The van der Waals surface area contributed by atoms with E-state index in [2.05, 4.69) is 64.1 Å². The van der Waals surface area contributed by atoms with E-state index in [1.807, 2.05) is 0 Å². The van der Waals surface area contributed by atoms with Gasteiger partial charge in [0.15, 0.2) is 0 Å². The molecule has 0 fully saturated rings. The van der Waals surface area contributed by atoms with Crippen LogP contribution in [0.1, 0.15) is 34.7 Å². The van der Waals surface area contributed by atoms with Crippen LogP contribution in [0.4, 0.5) is 0 Å². The van der Waals surface area contributed by atoms with Gasteiger partial charge in [-0.15, -0.1) is 0 Å². The molecule has 0 N–H and O–H groups in total. The van der Waals surface area contributed by atoms with E-state index in [1.54, 1.807) is 0 Å². The van der Waals surface area contributed by atoms with Crippen molar-refractivity contribution in [1.29, 1.82) is 0 Å². The normalized spacial score (nSPS) is 13.4. The number of fused-ring (bicyclic) bond motifs is 1. The number of benzene rings is 2. The summed E-state index contributed by atoms with van der Waals surface area (Å²) in [6.45, 7) is 8.76. The van der Waals surface area contributed by atoms with Crippen LogP contribution in [0.3, 0.4) is 0 Å². The maximum atomic E-state index is 2.33. The minimum atomic E-state index is 1.10. The standard InChI is InChI=1S/C19H20/c1-12-5-13(2)7-16(6-12)18-10-14(3)8-17-9-15(4)11-19(17)18/h5-10H,11H2,1-4H3. The van der Waals surface area contributed by atoms with Crippen LogP contribution in [0.5, 0.6) is 0 Å². The van der Waals surface area contributed by atoms with Gasteiger partial charge in [0, 0.05) is 0 Å². The lowest BCUT2D eigenvalue weighted by Crippen LogP contribution is -1.92. The summed E-state index contributed by atoms with van der Waals surface area (Å²) < 4.78 is 0. The predicted octanol–water partition coefficient (Wildman–Crippen LogP) is 5.24. The zero-order valence-corrected chi connectivity index (χ0v) is 12.2. The maximum absolute atomic E-state index is 2.33. The fourth-order valence-corrected chi connectivity index (χ4v) is 3.15. The first-order valence-corrected chi connectivity index (χ1v) is 6.92. The molecule has 2 aromatic rings. The molecule has 0 aromatic heterocycles. The lowest BCUT2D eigenvalue weighted by molar-refractivity contribution is 1.19. The molecule has 0 amide bonds. The third-order valence-corrected chi connectivity index (χ3v) is 3.82.